The topological polar surface area (TPSA) is 17.8 Å². The van der Waals surface area contributed by atoms with Crippen LogP contribution in [0.25, 0.3) is 10.9 Å². The van der Waals surface area contributed by atoms with E-state index in [4.69, 9.17) is 0 Å². The van der Waals surface area contributed by atoms with Crippen LogP contribution < -0.4 is 0 Å². The Morgan fingerprint density at radius 3 is 2.92 bits per heavy atom. The number of aromatic nitrogens is 2. The van der Waals surface area contributed by atoms with Crippen molar-refractivity contribution in [2.45, 2.75) is 6.92 Å². The zero-order valence-electron chi connectivity index (χ0n) is 7.00. The molecule has 0 aliphatic rings. The van der Waals surface area contributed by atoms with E-state index < -0.39 is 0 Å². The first-order valence-electron chi connectivity index (χ1n) is 3.77. The summed E-state index contributed by atoms with van der Waals surface area (Å²) in [6, 6.07) is 6.39. The van der Waals surface area contributed by atoms with Crippen molar-refractivity contribution >= 4 is 33.5 Å². The maximum atomic E-state index is 4.33. The summed E-state index contributed by atoms with van der Waals surface area (Å²) in [5.41, 5.74) is 2.48. The average molecular weight is 272 g/mol. The number of benzene rings is 1. The van der Waals surface area contributed by atoms with Crippen LogP contribution in [0.2, 0.25) is 0 Å². The summed E-state index contributed by atoms with van der Waals surface area (Å²) in [4.78, 5) is 0. The van der Waals surface area contributed by atoms with Crippen LogP contribution in [-0.2, 0) is 7.05 Å². The third-order valence-corrected chi connectivity index (χ3v) is 2.76. The minimum Gasteiger partial charge on any atom is -0.267 e. The highest BCUT2D eigenvalue weighted by Gasteiger charge is 2.04. The second-order valence-electron chi connectivity index (χ2n) is 2.94. The molecule has 0 spiro atoms. The molecule has 0 N–H and O–H groups in total. The third-order valence-electron chi connectivity index (χ3n) is 1.96. The zero-order chi connectivity index (χ0) is 8.72. The van der Waals surface area contributed by atoms with Gasteiger partial charge in [0.15, 0.2) is 0 Å². The van der Waals surface area contributed by atoms with Gasteiger partial charge in [-0.3, -0.25) is 4.68 Å². The van der Waals surface area contributed by atoms with E-state index >= 15 is 0 Å². The summed E-state index contributed by atoms with van der Waals surface area (Å²) >= 11 is 2.26. The Morgan fingerprint density at radius 1 is 1.42 bits per heavy atom. The van der Waals surface area contributed by atoms with E-state index in [1.807, 2.05) is 11.7 Å². The van der Waals surface area contributed by atoms with Gasteiger partial charge in [-0.05, 0) is 41.6 Å². The molecular formula is C9H9IN2. The normalized spacial score (nSPS) is 10.9. The van der Waals surface area contributed by atoms with Crippen molar-refractivity contribution in [3.8, 4) is 0 Å². The van der Waals surface area contributed by atoms with E-state index in [1.165, 1.54) is 16.5 Å². The van der Waals surface area contributed by atoms with Gasteiger partial charge in [0.1, 0.15) is 3.70 Å². The Hall–Kier alpha value is -0.580. The summed E-state index contributed by atoms with van der Waals surface area (Å²) in [5.74, 6) is 0. The number of halogens is 1. The van der Waals surface area contributed by atoms with Crippen LogP contribution in [0.3, 0.4) is 0 Å². The quantitative estimate of drug-likeness (QED) is 0.674. The molecule has 0 radical (unpaired) electrons. The molecule has 0 saturated heterocycles. The first-order chi connectivity index (χ1) is 5.68. The van der Waals surface area contributed by atoms with Crippen molar-refractivity contribution in [1.29, 1.82) is 0 Å². The molecule has 2 rings (SSSR count). The Labute approximate surface area is 84.7 Å². The fraction of sp³-hybridized carbons (Fsp3) is 0.222. The monoisotopic (exact) mass is 272 g/mol. The fourth-order valence-corrected chi connectivity index (χ4v) is 2.09. The molecule has 3 heteroatoms. The summed E-state index contributed by atoms with van der Waals surface area (Å²) in [5, 5.41) is 5.58. The summed E-state index contributed by atoms with van der Waals surface area (Å²) in [7, 11) is 1.97. The SMILES string of the molecule is Cc1ccc2c(c1)c(I)nn2C. The van der Waals surface area contributed by atoms with Gasteiger partial charge in [0, 0.05) is 12.4 Å². The Bertz CT molecular complexity index is 431. The van der Waals surface area contributed by atoms with Crippen molar-refractivity contribution < 1.29 is 0 Å². The van der Waals surface area contributed by atoms with Crippen molar-refractivity contribution in [1.82, 2.24) is 9.78 Å². The Balaban J connectivity index is 2.90. The lowest BCUT2D eigenvalue weighted by molar-refractivity contribution is 0.787. The van der Waals surface area contributed by atoms with Crippen LogP contribution in [0.5, 0.6) is 0 Å². The standard InChI is InChI=1S/C9H9IN2/c1-6-3-4-8-7(5-6)9(10)11-12(8)2/h3-5H,1-2H3. The summed E-state index contributed by atoms with van der Waals surface area (Å²) < 4.78 is 2.99. The Morgan fingerprint density at radius 2 is 2.17 bits per heavy atom. The molecule has 0 unspecified atom stereocenters. The van der Waals surface area contributed by atoms with E-state index in [2.05, 4.69) is 52.8 Å². The molecule has 0 aliphatic carbocycles. The predicted molar refractivity (Wildman–Crippen MR) is 58.2 cm³/mol. The maximum absolute atomic E-state index is 4.33. The number of hydrogen-bond acceptors (Lipinski definition) is 1. The van der Waals surface area contributed by atoms with E-state index in [9.17, 15) is 0 Å². The van der Waals surface area contributed by atoms with E-state index in [1.54, 1.807) is 0 Å². The second-order valence-corrected chi connectivity index (χ2v) is 3.96. The molecular weight excluding hydrogens is 263 g/mol. The van der Waals surface area contributed by atoms with Crippen LogP contribution in [0.1, 0.15) is 5.56 Å². The van der Waals surface area contributed by atoms with Gasteiger partial charge in [0.2, 0.25) is 0 Å². The van der Waals surface area contributed by atoms with E-state index in [0.29, 0.717) is 0 Å². The van der Waals surface area contributed by atoms with Crippen LogP contribution in [0, 0.1) is 10.6 Å². The molecule has 62 valence electrons. The molecule has 0 saturated carbocycles. The maximum Gasteiger partial charge on any atom is 0.131 e. The third kappa shape index (κ3) is 1.12. The van der Waals surface area contributed by atoms with Gasteiger partial charge >= 0.3 is 0 Å². The van der Waals surface area contributed by atoms with Crippen molar-refractivity contribution in [3.63, 3.8) is 0 Å². The van der Waals surface area contributed by atoms with Crippen LogP contribution in [0.4, 0.5) is 0 Å². The average Bonchev–Trinajstić information content (AvgIpc) is 2.28. The van der Waals surface area contributed by atoms with Crippen LogP contribution in [-0.4, -0.2) is 9.78 Å². The van der Waals surface area contributed by atoms with E-state index in [-0.39, 0.29) is 0 Å². The van der Waals surface area contributed by atoms with Crippen molar-refractivity contribution in [2.75, 3.05) is 0 Å². The second kappa shape index (κ2) is 2.73. The molecule has 0 fully saturated rings. The van der Waals surface area contributed by atoms with Gasteiger partial charge in [0.25, 0.3) is 0 Å². The molecule has 0 aliphatic heterocycles. The van der Waals surface area contributed by atoms with Gasteiger partial charge < -0.3 is 0 Å². The summed E-state index contributed by atoms with van der Waals surface area (Å²) in [6.45, 7) is 2.10. The summed E-state index contributed by atoms with van der Waals surface area (Å²) in [6.07, 6.45) is 0. The highest BCUT2D eigenvalue weighted by molar-refractivity contribution is 14.1. The fourth-order valence-electron chi connectivity index (χ4n) is 1.34. The lowest BCUT2D eigenvalue weighted by atomic mass is 10.2. The van der Waals surface area contributed by atoms with Gasteiger partial charge in [-0.15, -0.1) is 0 Å². The number of hydrogen-bond donors (Lipinski definition) is 0. The predicted octanol–water partition coefficient (Wildman–Crippen LogP) is 2.49. The smallest absolute Gasteiger partial charge is 0.131 e. The Kier molecular flexibility index (Phi) is 1.83. The molecule has 0 amide bonds. The van der Waals surface area contributed by atoms with Crippen LogP contribution >= 0.6 is 22.6 Å². The van der Waals surface area contributed by atoms with Crippen molar-refractivity contribution in [2.24, 2.45) is 7.05 Å². The molecule has 0 atom stereocenters. The molecule has 0 bridgehead atoms. The van der Waals surface area contributed by atoms with Crippen LogP contribution in [0.15, 0.2) is 18.2 Å². The van der Waals surface area contributed by atoms with E-state index in [0.717, 1.165) is 3.70 Å². The number of rotatable bonds is 0. The largest absolute Gasteiger partial charge is 0.267 e. The van der Waals surface area contributed by atoms with Gasteiger partial charge in [-0.2, -0.15) is 5.10 Å². The minimum atomic E-state index is 1.08. The van der Waals surface area contributed by atoms with Gasteiger partial charge in [-0.25, -0.2) is 0 Å². The highest BCUT2D eigenvalue weighted by atomic mass is 127. The molecule has 2 aromatic rings. The molecule has 1 aromatic carbocycles. The number of nitrogens with zero attached hydrogens (tertiary/aromatic N) is 2. The molecule has 1 aromatic heterocycles. The zero-order valence-corrected chi connectivity index (χ0v) is 9.16. The lowest BCUT2D eigenvalue weighted by Gasteiger charge is -1.94. The molecule has 12 heavy (non-hydrogen) atoms. The number of aryl methyl sites for hydroxylation is 2. The van der Waals surface area contributed by atoms with Crippen molar-refractivity contribution in [3.05, 3.63) is 27.5 Å². The first-order valence-corrected chi connectivity index (χ1v) is 4.85. The number of fused-ring (bicyclic) bond motifs is 1. The lowest BCUT2D eigenvalue weighted by Crippen LogP contribution is -1.88. The highest BCUT2D eigenvalue weighted by Crippen LogP contribution is 2.20. The first kappa shape index (κ1) is 8.04. The minimum absolute atomic E-state index is 1.08. The molecule has 2 nitrogen and oxygen atoms in total. The molecule has 1 heterocycles. The van der Waals surface area contributed by atoms with Gasteiger partial charge in [0.05, 0.1) is 5.52 Å². The van der Waals surface area contributed by atoms with Gasteiger partial charge in [-0.1, -0.05) is 11.6 Å².